The molecule has 0 amide bonds. The van der Waals surface area contributed by atoms with Crippen LogP contribution < -0.4 is 5.56 Å². The molecule has 0 aromatic carbocycles. The maximum absolute atomic E-state index is 13.0. The predicted octanol–water partition coefficient (Wildman–Crippen LogP) is 4.52. The summed E-state index contributed by atoms with van der Waals surface area (Å²) in [6.45, 7) is 12.0. The van der Waals surface area contributed by atoms with E-state index in [1.807, 2.05) is 40.7 Å². The predicted molar refractivity (Wildman–Crippen MR) is 124 cm³/mol. The molecule has 3 aromatic rings. The molecule has 8 heteroatoms. The molecule has 0 radical (unpaired) electrons. The molecule has 0 atom stereocenters. The second-order valence-corrected chi connectivity index (χ2v) is 9.55. The fourth-order valence-electron chi connectivity index (χ4n) is 3.70. The molecule has 3 rings (SSSR count). The molecule has 0 fully saturated rings. The van der Waals surface area contributed by atoms with Gasteiger partial charge in [-0.05, 0) is 52.7 Å². The van der Waals surface area contributed by atoms with E-state index in [-0.39, 0.29) is 17.1 Å². The van der Waals surface area contributed by atoms with E-state index in [0.29, 0.717) is 23.7 Å². The van der Waals surface area contributed by atoms with Crippen LogP contribution in [0.5, 0.6) is 0 Å². The van der Waals surface area contributed by atoms with Crippen LogP contribution in [0.25, 0.3) is 10.2 Å². The molecule has 0 bridgehead atoms. The molecule has 0 unspecified atom stereocenters. The number of hydrogen-bond acceptors (Lipinski definition) is 6. The number of rotatable bonds is 9. The van der Waals surface area contributed by atoms with Crippen molar-refractivity contribution in [2.75, 3.05) is 19.5 Å². The maximum atomic E-state index is 13.0. The van der Waals surface area contributed by atoms with Gasteiger partial charge in [0.1, 0.15) is 4.83 Å². The summed E-state index contributed by atoms with van der Waals surface area (Å²) in [6, 6.07) is 1.96. The van der Waals surface area contributed by atoms with Crippen molar-refractivity contribution in [1.82, 2.24) is 14.1 Å². The molecule has 0 aliphatic carbocycles. The molecule has 0 spiro atoms. The van der Waals surface area contributed by atoms with Gasteiger partial charge in [0, 0.05) is 48.6 Å². The highest BCUT2D eigenvalue weighted by atomic mass is 32.2. The minimum absolute atomic E-state index is 0.0179. The lowest BCUT2D eigenvalue weighted by Gasteiger charge is -2.10. The minimum Gasteiger partial charge on any atom is -0.385 e. The van der Waals surface area contributed by atoms with Crippen molar-refractivity contribution in [2.45, 2.75) is 59.3 Å². The van der Waals surface area contributed by atoms with Crippen LogP contribution in [0.3, 0.4) is 0 Å². The summed E-state index contributed by atoms with van der Waals surface area (Å²) < 4.78 is 8.98. The Bertz CT molecular complexity index is 1140. The van der Waals surface area contributed by atoms with Crippen molar-refractivity contribution >= 4 is 39.1 Å². The summed E-state index contributed by atoms with van der Waals surface area (Å²) in [4.78, 5) is 32.5. The first-order chi connectivity index (χ1) is 14.3. The zero-order valence-corrected chi connectivity index (χ0v) is 20.1. The molecule has 3 aromatic heterocycles. The van der Waals surface area contributed by atoms with E-state index >= 15 is 0 Å². The summed E-state index contributed by atoms with van der Waals surface area (Å²) in [7, 11) is 1.70. The van der Waals surface area contributed by atoms with Gasteiger partial charge in [-0.15, -0.1) is 11.3 Å². The Morgan fingerprint density at radius 1 is 1.23 bits per heavy atom. The number of aryl methyl sites for hydroxylation is 3. The molecule has 0 N–H and O–H groups in total. The first-order valence-corrected chi connectivity index (χ1v) is 11.9. The molecule has 162 valence electrons. The first kappa shape index (κ1) is 22.8. The molecule has 0 saturated heterocycles. The van der Waals surface area contributed by atoms with Crippen LogP contribution in [0.4, 0.5) is 0 Å². The van der Waals surface area contributed by atoms with Crippen molar-refractivity contribution in [2.24, 2.45) is 0 Å². The van der Waals surface area contributed by atoms with E-state index in [2.05, 4.69) is 4.57 Å². The molecular formula is C22H29N3O3S2. The topological polar surface area (TPSA) is 66.1 Å². The standard InChI is InChI=1S/C22H29N3O3S2/c1-7-24-21(27)19-14(3)16(5)30-20(19)23-22(24)29-12-18(26)17-11-13(2)25(15(17)4)9-8-10-28-6/h11H,7-10,12H2,1-6H3. The van der Waals surface area contributed by atoms with Crippen molar-refractivity contribution in [3.05, 3.63) is 43.8 Å². The molecule has 30 heavy (non-hydrogen) atoms. The van der Waals surface area contributed by atoms with E-state index in [4.69, 9.17) is 9.72 Å². The van der Waals surface area contributed by atoms with Gasteiger partial charge < -0.3 is 9.30 Å². The summed E-state index contributed by atoms with van der Waals surface area (Å²) in [5, 5.41) is 1.31. The molecule has 0 aliphatic rings. The Kier molecular flexibility index (Phi) is 7.21. The largest absolute Gasteiger partial charge is 0.385 e. The van der Waals surface area contributed by atoms with Gasteiger partial charge in [0.05, 0.1) is 11.1 Å². The average molecular weight is 448 g/mol. The number of ketones is 1. The van der Waals surface area contributed by atoms with E-state index < -0.39 is 0 Å². The number of carbonyl (C=O) groups is 1. The van der Waals surface area contributed by atoms with Crippen molar-refractivity contribution in [3.8, 4) is 0 Å². The van der Waals surface area contributed by atoms with Gasteiger partial charge in [-0.25, -0.2) is 4.98 Å². The smallest absolute Gasteiger partial charge is 0.263 e. The van der Waals surface area contributed by atoms with E-state index in [1.54, 1.807) is 11.7 Å². The number of thioether (sulfide) groups is 1. The second-order valence-electron chi connectivity index (χ2n) is 7.40. The normalized spacial score (nSPS) is 11.5. The van der Waals surface area contributed by atoms with Gasteiger partial charge in [0.2, 0.25) is 0 Å². The Morgan fingerprint density at radius 3 is 2.63 bits per heavy atom. The fourth-order valence-corrected chi connectivity index (χ4v) is 5.72. The van der Waals surface area contributed by atoms with E-state index in [9.17, 15) is 9.59 Å². The highest BCUT2D eigenvalue weighted by Crippen LogP contribution is 2.29. The maximum Gasteiger partial charge on any atom is 0.263 e. The minimum atomic E-state index is -0.0179. The quantitative estimate of drug-likeness (QED) is 0.209. The lowest BCUT2D eigenvalue weighted by Crippen LogP contribution is -2.22. The molecule has 0 aliphatic heterocycles. The molecular weight excluding hydrogens is 418 g/mol. The highest BCUT2D eigenvalue weighted by molar-refractivity contribution is 7.99. The first-order valence-electron chi connectivity index (χ1n) is 10.1. The number of fused-ring (bicyclic) bond motifs is 1. The zero-order chi connectivity index (χ0) is 22.0. The van der Waals surface area contributed by atoms with Gasteiger partial charge in [-0.3, -0.25) is 14.2 Å². The number of aromatic nitrogens is 3. The van der Waals surface area contributed by atoms with Crippen molar-refractivity contribution in [1.29, 1.82) is 0 Å². The van der Waals surface area contributed by atoms with Crippen LogP contribution in [-0.4, -0.2) is 39.4 Å². The third-order valence-electron chi connectivity index (χ3n) is 5.51. The number of hydrogen-bond donors (Lipinski definition) is 0. The fraction of sp³-hybridized carbons (Fsp3) is 0.500. The number of Topliss-reactive ketones (excluding diaryl/α,β-unsaturated/α-hetero) is 1. The number of nitrogens with zero attached hydrogens (tertiary/aromatic N) is 3. The molecule has 6 nitrogen and oxygen atoms in total. The van der Waals surface area contributed by atoms with Crippen molar-refractivity contribution < 1.29 is 9.53 Å². The molecule has 3 heterocycles. The third kappa shape index (κ3) is 4.26. The summed E-state index contributed by atoms with van der Waals surface area (Å²) in [6.07, 6.45) is 0.904. The lowest BCUT2D eigenvalue weighted by atomic mass is 10.2. The van der Waals surface area contributed by atoms with Gasteiger partial charge in [-0.2, -0.15) is 0 Å². The summed E-state index contributed by atoms with van der Waals surface area (Å²) in [5.41, 5.74) is 3.78. The van der Waals surface area contributed by atoms with Crippen LogP contribution in [0, 0.1) is 27.7 Å². The Hall–Kier alpha value is -1.90. The second kappa shape index (κ2) is 9.49. The SMILES string of the molecule is CCn1c(SCC(=O)c2cc(C)n(CCCOC)c2C)nc2sc(C)c(C)c2c1=O. The highest BCUT2D eigenvalue weighted by Gasteiger charge is 2.19. The van der Waals surface area contributed by atoms with Crippen molar-refractivity contribution in [3.63, 3.8) is 0 Å². The Morgan fingerprint density at radius 2 is 1.97 bits per heavy atom. The van der Waals surface area contributed by atoms with E-state index in [0.717, 1.165) is 45.2 Å². The van der Waals surface area contributed by atoms with Crippen LogP contribution in [-0.2, 0) is 17.8 Å². The van der Waals surface area contributed by atoms with Gasteiger partial charge in [0.15, 0.2) is 10.9 Å². The Balaban J connectivity index is 1.84. The van der Waals surface area contributed by atoms with Gasteiger partial charge in [-0.1, -0.05) is 11.8 Å². The van der Waals surface area contributed by atoms with Crippen LogP contribution in [0.2, 0.25) is 0 Å². The van der Waals surface area contributed by atoms with E-state index in [1.165, 1.54) is 23.1 Å². The average Bonchev–Trinajstić information content (AvgIpc) is 3.16. The molecule has 0 saturated carbocycles. The number of ether oxygens (including phenoxy) is 1. The van der Waals surface area contributed by atoms with Crippen LogP contribution in [0.15, 0.2) is 16.0 Å². The van der Waals surface area contributed by atoms with Crippen LogP contribution >= 0.6 is 23.1 Å². The van der Waals surface area contributed by atoms with Gasteiger partial charge >= 0.3 is 0 Å². The van der Waals surface area contributed by atoms with Crippen LogP contribution in [0.1, 0.15) is 45.5 Å². The third-order valence-corrected chi connectivity index (χ3v) is 7.58. The summed E-state index contributed by atoms with van der Waals surface area (Å²) in [5.74, 6) is 0.311. The summed E-state index contributed by atoms with van der Waals surface area (Å²) >= 11 is 2.88. The Labute approximate surface area is 185 Å². The number of carbonyl (C=O) groups excluding carboxylic acids is 1. The van der Waals surface area contributed by atoms with Gasteiger partial charge in [0.25, 0.3) is 5.56 Å². The lowest BCUT2D eigenvalue weighted by molar-refractivity contribution is 0.102. The number of methoxy groups -OCH3 is 1. The number of thiophene rings is 1. The monoisotopic (exact) mass is 447 g/mol. The zero-order valence-electron chi connectivity index (χ0n) is 18.5.